The quantitative estimate of drug-likeness (QED) is 0.749. The highest BCUT2D eigenvalue weighted by molar-refractivity contribution is 5.74. The number of hydrogen-bond donors (Lipinski definition) is 1. The Morgan fingerprint density at radius 2 is 2.12 bits per heavy atom. The van der Waals surface area contributed by atoms with Gasteiger partial charge in [0.25, 0.3) is 0 Å². The van der Waals surface area contributed by atoms with Crippen molar-refractivity contribution in [1.29, 1.82) is 0 Å². The fourth-order valence-electron chi connectivity index (χ4n) is 3.07. The van der Waals surface area contributed by atoms with E-state index in [9.17, 15) is 4.79 Å². The Hall–Kier alpha value is -0.610. The van der Waals surface area contributed by atoms with Crippen molar-refractivity contribution in [3.63, 3.8) is 0 Å². The molecule has 4 heteroatoms. The average molecular weight is 241 g/mol. The highest BCUT2D eigenvalue weighted by Crippen LogP contribution is 2.38. The van der Waals surface area contributed by atoms with Crippen molar-refractivity contribution in [2.75, 3.05) is 6.61 Å². The molecule has 2 fully saturated rings. The highest BCUT2D eigenvalue weighted by atomic mass is 16.6. The number of rotatable bonds is 2. The number of carbonyl (C=O) groups is 1. The first-order valence-electron chi connectivity index (χ1n) is 6.64. The highest BCUT2D eigenvalue weighted by Gasteiger charge is 2.46. The summed E-state index contributed by atoms with van der Waals surface area (Å²) in [6, 6.07) is 0. The smallest absolute Gasteiger partial charge is 0.350 e. The van der Waals surface area contributed by atoms with Crippen LogP contribution in [0.3, 0.4) is 0 Å². The second-order valence-corrected chi connectivity index (χ2v) is 5.56. The molecule has 2 aliphatic rings. The summed E-state index contributed by atoms with van der Waals surface area (Å²) in [5.74, 6) is 0.214. The minimum absolute atomic E-state index is 0.0548. The lowest BCUT2D eigenvalue weighted by molar-refractivity contribution is -0.188. The molecule has 0 aromatic heterocycles. The van der Waals surface area contributed by atoms with Gasteiger partial charge in [0.15, 0.2) is 0 Å². The van der Waals surface area contributed by atoms with Crippen LogP contribution in [0.15, 0.2) is 0 Å². The van der Waals surface area contributed by atoms with E-state index >= 15 is 0 Å². The summed E-state index contributed by atoms with van der Waals surface area (Å²) in [5.41, 5.74) is -0.0548. The number of hydrogen-bond acceptors (Lipinski definition) is 4. The largest absolute Gasteiger partial charge is 0.463 e. The lowest BCUT2D eigenvalue weighted by Gasteiger charge is -2.49. The molecule has 0 aromatic rings. The Labute approximate surface area is 103 Å². The van der Waals surface area contributed by atoms with Crippen LogP contribution >= 0.6 is 0 Å². The molecule has 1 saturated heterocycles. The standard InChI is InChI=1S/C13H23NO3/c1-4-16-12(15)11-14-13(2,3)9-7-5-6-8-10(9)17-11/h9-11,14H,4-8H2,1-3H3. The predicted molar refractivity (Wildman–Crippen MR) is 64.5 cm³/mol. The minimum atomic E-state index is -0.593. The van der Waals surface area contributed by atoms with Crippen molar-refractivity contribution in [3.05, 3.63) is 0 Å². The molecule has 0 bridgehead atoms. The van der Waals surface area contributed by atoms with Gasteiger partial charge in [-0.1, -0.05) is 12.8 Å². The zero-order chi connectivity index (χ0) is 12.5. The van der Waals surface area contributed by atoms with E-state index < -0.39 is 6.23 Å². The molecular formula is C13H23NO3. The molecule has 2 rings (SSSR count). The summed E-state index contributed by atoms with van der Waals surface area (Å²) >= 11 is 0. The van der Waals surface area contributed by atoms with E-state index in [0.29, 0.717) is 12.5 Å². The van der Waals surface area contributed by atoms with Gasteiger partial charge in [-0.25, -0.2) is 4.79 Å². The van der Waals surface area contributed by atoms with E-state index in [2.05, 4.69) is 19.2 Å². The molecule has 0 radical (unpaired) electrons. The minimum Gasteiger partial charge on any atom is -0.463 e. The van der Waals surface area contributed by atoms with Gasteiger partial charge in [0, 0.05) is 11.5 Å². The van der Waals surface area contributed by atoms with Crippen LogP contribution in [-0.4, -0.2) is 30.4 Å². The van der Waals surface area contributed by atoms with Crippen molar-refractivity contribution >= 4 is 5.97 Å². The molecular weight excluding hydrogens is 218 g/mol. The van der Waals surface area contributed by atoms with Gasteiger partial charge in [0.2, 0.25) is 6.23 Å². The Balaban J connectivity index is 2.07. The molecule has 4 nitrogen and oxygen atoms in total. The third-order valence-electron chi connectivity index (χ3n) is 3.94. The SMILES string of the molecule is CCOC(=O)C1NC(C)(C)C2CCCCC2O1. The molecule has 0 amide bonds. The molecule has 3 atom stereocenters. The summed E-state index contributed by atoms with van der Waals surface area (Å²) in [6.45, 7) is 6.53. The third kappa shape index (κ3) is 2.63. The second kappa shape index (κ2) is 4.94. The van der Waals surface area contributed by atoms with Crippen LogP contribution in [0.2, 0.25) is 0 Å². The van der Waals surface area contributed by atoms with E-state index in [1.165, 1.54) is 19.3 Å². The number of esters is 1. The van der Waals surface area contributed by atoms with Crippen LogP contribution in [0.1, 0.15) is 46.5 Å². The van der Waals surface area contributed by atoms with Crippen molar-refractivity contribution < 1.29 is 14.3 Å². The van der Waals surface area contributed by atoms with Crippen LogP contribution in [0, 0.1) is 5.92 Å². The summed E-state index contributed by atoms with van der Waals surface area (Å²) in [5, 5.41) is 3.28. The van der Waals surface area contributed by atoms with Gasteiger partial charge < -0.3 is 9.47 Å². The molecule has 0 aromatic carbocycles. The maximum absolute atomic E-state index is 11.8. The van der Waals surface area contributed by atoms with E-state index in [1.807, 2.05) is 6.92 Å². The zero-order valence-electron chi connectivity index (χ0n) is 11.0. The zero-order valence-corrected chi connectivity index (χ0v) is 11.0. The molecule has 98 valence electrons. The Morgan fingerprint density at radius 3 is 2.82 bits per heavy atom. The number of nitrogens with one attached hydrogen (secondary N) is 1. The molecule has 1 saturated carbocycles. The first kappa shape index (κ1) is 12.8. The Bertz CT molecular complexity index is 290. The number of ether oxygens (including phenoxy) is 2. The topological polar surface area (TPSA) is 47.6 Å². The van der Waals surface area contributed by atoms with Crippen molar-refractivity contribution in [1.82, 2.24) is 5.32 Å². The summed E-state index contributed by atoms with van der Waals surface area (Å²) in [6.07, 6.45) is 4.32. The molecule has 1 N–H and O–H groups in total. The molecule has 17 heavy (non-hydrogen) atoms. The van der Waals surface area contributed by atoms with Gasteiger partial charge in [-0.15, -0.1) is 0 Å². The first-order chi connectivity index (χ1) is 8.04. The molecule has 1 heterocycles. The molecule has 1 aliphatic heterocycles. The normalized spacial score (nSPS) is 36.1. The van der Waals surface area contributed by atoms with Crippen LogP contribution in [0.4, 0.5) is 0 Å². The van der Waals surface area contributed by atoms with E-state index in [-0.39, 0.29) is 17.6 Å². The predicted octanol–water partition coefficient (Wildman–Crippen LogP) is 1.83. The third-order valence-corrected chi connectivity index (χ3v) is 3.94. The number of carbonyl (C=O) groups excluding carboxylic acids is 1. The lowest BCUT2D eigenvalue weighted by atomic mass is 9.73. The lowest BCUT2D eigenvalue weighted by Crippen LogP contribution is -2.64. The molecule has 1 aliphatic carbocycles. The Morgan fingerprint density at radius 1 is 1.41 bits per heavy atom. The van der Waals surface area contributed by atoms with Gasteiger partial charge in [0.05, 0.1) is 12.7 Å². The average Bonchev–Trinajstić information content (AvgIpc) is 2.28. The summed E-state index contributed by atoms with van der Waals surface area (Å²) in [4.78, 5) is 11.8. The first-order valence-corrected chi connectivity index (χ1v) is 6.64. The van der Waals surface area contributed by atoms with Crippen molar-refractivity contribution in [3.8, 4) is 0 Å². The van der Waals surface area contributed by atoms with Gasteiger partial charge >= 0.3 is 5.97 Å². The molecule has 3 unspecified atom stereocenters. The van der Waals surface area contributed by atoms with Gasteiger partial charge in [0.1, 0.15) is 0 Å². The number of fused-ring (bicyclic) bond motifs is 1. The van der Waals surface area contributed by atoms with Gasteiger partial charge in [-0.05, 0) is 33.6 Å². The maximum atomic E-state index is 11.8. The Kier molecular flexibility index (Phi) is 3.73. The summed E-state index contributed by atoms with van der Waals surface area (Å²) < 4.78 is 10.9. The fourth-order valence-corrected chi connectivity index (χ4v) is 3.07. The van der Waals surface area contributed by atoms with E-state index in [1.54, 1.807) is 0 Å². The van der Waals surface area contributed by atoms with Crippen LogP contribution in [0.25, 0.3) is 0 Å². The fraction of sp³-hybridized carbons (Fsp3) is 0.923. The van der Waals surface area contributed by atoms with E-state index in [4.69, 9.17) is 9.47 Å². The summed E-state index contributed by atoms with van der Waals surface area (Å²) in [7, 11) is 0. The van der Waals surface area contributed by atoms with Crippen LogP contribution < -0.4 is 5.32 Å². The van der Waals surface area contributed by atoms with Crippen LogP contribution in [-0.2, 0) is 14.3 Å². The van der Waals surface area contributed by atoms with Gasteiger partial charge in [-0.3, -0.25) is 5.32 Å². The van der Waals surface area contributed by atoms with Crippen molar-refractivity contribution in [2.24, 2.45) is 5.92 Å². The monoisotopic (exact) mass is 241 g/mol. The van der Waals surface area contributed by atoms with Gasteiger partial charge in [-0.2, -0.15) is 0 Å². The molecule has 0 spiro atoms. The van der Waals surface area contributed by atoms with E-state index in [0.717, 1.165) is 6.42 Å². The van der Waals surface area contributed by atoms with Crippen molar-refractivity contribution in [2.45, 2.75) is 64.3 Å². The maximum Gasteiger partial charge on any atom is 0.350 e. The second-order valence-electron chi connectivity index (χ2n) is 5.56. The van der Waals surface area contributed by atoms with Crippen LogP contribution in [0.5, 0.6) is 0 Å².